The number of pyridine rings is 1. The maximum Gasteiger partial charge on any atom is 0.252 e. The third-order valence-corrected chi connectivity index (χ3v) is 18.9. The molecule has 3 aromatic rings. The molecule has 11 rings (SSSR count). The number of hydrogen-bond acceptors (Lipinski definition) is 20. The van der Waals surface area contributed by atoms with Crippen LogP contribution in [0.3, 0.4) is 0 Å². The van der Waals surface area contributed by atoms with Crippen LogP contribution < -0.4 is 36.6 Å². The molecule has 2 bridgehead atoms. The van der Waals surface area contributed by atoms with Gasteiger partial charge >= 0.3 is 0 Å². The summed E-state index contributed by atoms with van der Waals surface area (Å²) in [6.07, 6.45) is 0.684. The van der Waals surface area contributed by atoms with Crippen LogP contribution in [-0.4, -0.2) is 179 Å². The van der Waals surface area contributed by atoms with Crippen LogP contribution in [0.5, 0.6) is 17.2 Å². The lowest BCUT2D eigenvalue weighted by Crippen LogP contribution is -2.85. The van der Waals surface area contributed by atoms with Crippen LogP contribution in [0.25, 0.3) is 0 Å². The highest BCUT2D eigenvalue weighted by molar-refractivity contribution is 14.1. The maximum atomic E-state index is 14.6. The summed E-state index contributed by atoms with van der Waals surface area (Å²) >= 11 is 2.31. The van der Waals surface area contributed by atoms with Gasteiger partial charge in [0.1, 0.15) is 35.0 Å². The van der Waals surface area contributed by atoms with Gasteiger partial charge in [0.2, 0.25) is 29.4 Å². The van der Waals surface area contributed by atoms with E-state index in [0.29, 0.717) is 30.3 Å². The third kappa shape index (κ3) is 12.5. The van der Waals surface area contributed by atoms with Crippen LogP contribution in [0, 0.1) is 17.2 Å². The molecule has 3 saturated carbocycles. The molecule has 0 radical (unpaired) electrons. The number of benzene rings is 2. The van der Waals surface area contributed by atoms with E-state index in [0.717, 1.165) is 25.7 Å². The molecule has 1 aromatic heterocycles. The number of halogens is 1. The molecule has 27 heteroatoms. The van der Waals surface area contributed by atoms with Crippen molar-refractivity contribution in [2.24, 2.45) is 5.92 Å². The molecule has 10 atom stereocenters. The number of aromatic hydroxyl groups is 2. The molecule has 472 valence electrons. The molecule has 2 aromatic carbocycles. The minimum atomic E-state index is -2.34. The zero-order valence-electron chi connectivity index (χ0n) is 49.8. The van der Waals surface area contributed by atoms with Gasteiger partial charge in [0, 0.05) is 85.9 Å². The standard InChI is InChI=1S/C61H74IN9O17/c1-7-8-10-30(2)19-58(4,62)53-32(22-63)17-33(23-68-53)54(80)64-14-13-39(72)65-24-40(73)66-25-41(74)67-26-42(75)69-59-27-60(28-59,29-59)70-57(81)61(82)20-35-45(51(79)47-46(49(35)77)48(76)34-11-9-12-37(83-5)44(34)50(47)78)38(21-61)87-43-18-36-52(31(3)86-43)88-55-56(84-6)85-16-15-71(36)55/h9,11-12,17,23,30-31,36,38,43,52,55-56,77,79,82H,7-8,10,13-16,18-21,24-29H2,1-6H3,(H,64,80)(H,65,72)(H,66,73)(H,67,74)(H,69,75)(H,70,81)/t30?,31-,36-,38-,43-,52+,55+,56-,58?,59?,60?,61-/m0/s1. The second kappa shape index (κ2) is 25.5. The van der Waals surface area contributed by atoms with Crippen molar-refractivity contribution in [2.75, 3.05) is 53.6 Å². The Bertz CT molecular complexity index is 3350. The minimum absolute atomic E-state index is 0.0713. The highest BCUT2D eigenvalue weighted by Crippen LogP contribution is 2.61. The molecule has 2 unspecified atom stereocenters. The van der Waals surface area contributed by atoms with E-state index in [1.54, 1.807) is 0 Å². The van der Waals surface area contributed by atoms with E-state index in [2.05, 4.69) is 84.3 Å². The summed E-state index contributed by atoms with van der Waals surface area (Å²) in [5.41, 5.74) is -4.32. The fourth-order valence-electron chi connectivity index (χ4n) is 13.9. The fourth-order valence-corrected chi connectivity index (χ4v) is 15.1. The number of ketones is 2. The number of nitrogens with zero attached hydrogens (tertiary/aromatic N) is 3. The van der Waals surface area contributed by atoms with E-state index in [-0.39, 0.29) is 78.3 Å². The second-order valence-corrected chi connectivity index (χ2v) is 26.9. The van der Waals surface area contributed by atoms with E-state index in [1.165, 1.54) is 44.7 Å². The van der Waals surface area contributed by atoms with E-state index < -0.39 is 159 Å². The molecule has 0 spiro atoms. The number of nitriles is 1. The number of fused-ring (bicyclic) bond motifs is 6. The molecule has 3 saturated heterocycles. The number of unbranched alkanes of at least 4 members (excludes halogenated alkanes) is 1. The number of rotatable bonds is 23. The normalized spacial score (nSPS) is 28.2. The number of aromatic nitrogens is 1. The quantitative estimate of drug-likeness (QED) is 0.0292. The van der Waals surface area contributed by atoms with Crippen LogP contribution in [0.4, 0.5) is 0 Å². The summed E-state index contributed by atoms with van der Waals surface area (Å²) in [4.78, 5) is 113. The van der Waals surface area contributed by atoms with E-state index in [9.17, 15) is 58.9 Å². The number of nitrogens with one attached hydrogen (secondary N) is 6. The van der Waals surface area contributed by atoms with E-state index in [4.69, 9.17) is 28.4 Å². The lowest BCUT2D eigenvalue weighted by molar-refractivity contribution is -0.256. The van der Waals surface area contributed by atoms with Crippen molar-refractivity contribution >= 4 is 69.6 Å². The van der Waals surface area contributed by atoms with Gasteiger partial charge in [-0.05, 0) is 57.6 Å². The zero-order chi connectivity index (χ0) is 63.2. The number of methoxy groups -OCH3 is 2. The smallest absolute Gasteiger partial charge is 0.252 e. The predicted molar refractivity (Wildman–Crippen MR) is 317 cm³/mol. The number of ether oxygens (including phenoxy) is 6. The first kappa shape index (κ1) is 64.1. The number of phenolic OH excluding ortho intramolecular Hbond substituents is 2. The van der Waals surface area contributed by atoms with Gasteiger partial charge in [-0.15, -0.1) is 0 Å². The Morgan fingerprint density at radius 1 is 0.932 bits per heavy atom. The molecule has 88 heavy (non-hydrogen) atoms. The van der Waals surface area contributed by atoms with Gasteiger partial charge in [0.05, 0.1) is 82.5 Å². The van der Waals surface area contributed by atoms with E-state index in [1.807, 2.05) is 13.8 Å². The van der Waals surface area contributed by atoms with Crippen molar-refractivity contribution < 1.29 is 82.1 Å². The molecular formula is C61H74IN9O17. The predicted octanol–water partition coefficient (Wildman–Crippen LogP) is 2.36. The van der Waals surface area contributed by atoms with Crippen LogP contribution in [0.15, 0.2) is 30.5 Å². The molecule has 6 fully saturated rings. The van der Waals surface area contributed by atoms with Gasteiger partial charge in [-0.25, -0.2) is 0 Å². The molecule has 8 aliphatic rings. The molecular weight excluding hydrogens is 1260 g/mol. The molecule has 4 heterocycles. The van der Waals surface area contributed by atoms with Crippen molar-refractivity contribution in [3.8, 4) is 23.3 Å². The molecule has 3 aliphatic heterocycles. The monoisotopic (exact) mass is 1330 g/mol. The molecule has 5 aliphatic carbocycles. The lowest BCUT2D eigenvalue weighted by Gasteiger charge is -2.70. The third-order valence-electron chi connectivity index (χ3n) is 17.9. The highest BCUT2D eigenvalue weighted by Gasteiger charge is 2.70. The molecule has 26 nitrogen and oxygen atoms in total. The van der Waals surface area contributed by atoms with Crippen molar-refractivity contribution in [1.82, 2.24) is 41.8 Å². The first-order valence-corrected chi connectivity index (χ1v) is 30.7. The van der Waals surface area contributed by atoms with Crippen LogP contribution in [-0.2, 0) is 57.5 Å². The Hall–Kier alpha value is -6.91. The van der Waals surface area contributed by atoms with Gasteiger partial charge in [-0.2, -0.15) is 5.26 Å². The number of alkyl halides is 1. The molecule has 9 N–H and O–H groups in total. The number of morpholine rings is 1. The Labute approximate surface area is 521 Å². The highest BCUT2D eigenvalue weighted by atomic mass is 127. The van der Waals surface area contributed by atoms with Gasteiger partial charge in [0.15, 0.2) is 24.6 Å². The minimum Gasteiger partial charge on any atom is -0.507 e. The van der Waals surface area contributed by atoms with Crippen molar-refractivity contribution in [3.05, 3.63) is 80.7 Å². The second-order valence-electron chi connectivity index (χ2n) is 24.5. The average molecular weight is 1330 g/mol. The van der Waals surface area contributed by atoms with Crippen molar-refractivity contribution in [3.63, 3.8) is 0 Å². The summed E-state index contributed by atoms with van der Waals surface area (Å²) in [7, 11) is 2.85. The molecule has 6 amide bonds. The number of hydrogen-bond donors (Lipinski definition) is 9. The lowest BCUT2D eigenvalue weighted by atomic mass is 9.44. The first-order valence-electron chi connectivity index (χ1n) is 29.6. The van der Waals surface area contributed by atoms with Gasteiger partial charge in [-0.1, -0.05) is 67.8 Å². The number of phenols is 2. The van der Waals surface area contributed by atoms with Gasteiger partial charge < -0.3 is 75.6 Å². The summed E-state index contributed by atoms with van der Waals surface area (Å²) < 4.78 is 35.7. The Balaban J connectivity index is 0.699. The summed E-state index contributed by atoms with van der Waals surface area (Å²) in [6, 6.07) is 7.79. The SMILES string of the molecule is CCCCC(C)CC(C)(I)c1ncc(C(=O)NCCC(=O)NCC(=O)NCC(=O)NCC(=O)NC23CC(NC(=O)[C@]4(O)Cc5c(O)c6c(c(O)c5[C@@H](O[C@H]5C[C@H]7[C@H](O[C@@H]8[C@@H](OC)OCCN87)[C@H](C)O5)C4)C(=O)c4c(OC)cccc4C6=O)(C2)C3)cc1C#N. The Morgan fingerprint density at radius 2 is 1.61 bits per heavy atom. The Morgan fingerprint density at radius 3 is 2.30 bits per heavy atom. The first-order chi connectivity index (χ1) is 41.9. The van der Waals surface area contributed by atoms with Crippen LogP contribution in [0.2, 0.25) is 0 Å². The van der Waals surface area contributed by atoms with Crippen LogP contribution >= 0.6 is 22.6 Å². The van der Waals surface area contributed by atoms with Crippen molar-refractivity contribution in [1.29, 1.82) is 5.26 Å². The van der Waals surface area contributed by atoms with Crippen molar-refractivity contribution in [2.45, 2.75) is 162 Å². The zero-order valence-corrected chi connectivity index (χ0v) is 52.0. The van der Waals surface area contributed by atoms with Crippen LogP contribution in [0.1, 0.15) is 163 Å². The average Bonchev–Trinajstić information content (AvgIpc) is 0.831. The fraction of sp³-hybridized carbons (Fsp3) is 0.574. The topological polar surface area (TPSA) is 365 Å². The maximum absolute atomic E-state index is 14.6. The van der Waals surface area contributed by atoms with Gasteiger partial charge in [0.25, 0.3) is 11.8 Å². The summed E-state index contributed by atoms with van der Waals surface area (Å²) in [6.45, 7) is 7.55. The number of amides is 6. The van der Waals surface area contributed by atoms with E-state index >= 15 is 0 Å². The van der Waals surface area contributed by atoms with Gasteiger partial charge in [-0.3, -0.25) is 48.2 Å². The number of carbonyl (C=O) groups excluding carboxylic acids is 8. The number of carbonyl (C=O) groups is 8. The summed E-state index contributed by atoms with van der Waals surface area (Å²) in [5, 5.41) is 62.5. The summed E-state index contributed by atoms with van der Waals surface area (Å²) in [5.74, 6) is -6.32. The number of aliphatic hydroxyl groups is 1. The Kier molecular flexibility index (Phi) is 18.6. The largest absolute Gasteiger partial charge is 0.507 e.